The summed E-state index contributed by atoms with van der Waals surface area (Å²) >= 11 is 0. The van der Waals surface area contributed by atoms with E-state index in [0.717, 1.165) is 31.5 Å². The molecule has 0 aromatic heterocycles. The van der Waals surface area contributed by atoms with E-state index in [0.29, 0.717) is 5.92 Å². The summed E-state index contributed by atoms with van der Waals surface area (Å²) in [4.78, 5) is 2.56. The molecule has 17 heavy (non-hydrogen) atoms. The van der Waals surface area contributed by atoms with Gasteiger partial charge in [0.25, 0.3) is 0 Å². The predicted octanol–water partition coefficient (Wildman–Crippen LogP) is 2.80. The van der Waals surface area contributed by atoms with Crippen LogP contribution in [-0.2, 0) is 0 Å². The first-order chi connectivity index (χ1) is 8.23. The summed E-state index contributed by atoms with van der Waals surface area (Å²) in [5.74, 6) is 1.37. The Morgan fingerprint density at radius 3 is 2.65 bits per heavy atom. The van der Waals surface area contributed by atoms with Gasteiger partial charge in [-0.15, -0.1) is 0 Å². The molecule has 2 aliphatic carbocycles. The normalized spacial score (nSPS) is 44.1. The van der Waals surface area contributed by atoms with Gasteiger partial charge in [-0.05, 0) is 37.5 Å². The van der Waals surface area contributed by atoms with E-state index < -0.39 is 0 Å². The SMILES string of the molecule is CCC1CCCCC1C1(O)CCN(C2CC2)C1. The Morgan fingerprint density at radius 2 is 1.94 bits per heavy atom. The Morgan fingerprint density at radius 1 is 1.18 bits per heavy atom. The summed E-state index contributed by atoms with van der Waals surface area (Å²) < 4.78 is 0. The lowest BCUT2D eigenvalue weighted by Crippen LogP contribution is -2.45. The van der Waals surface area contributed by atoms with E-state index in [1.54, 1.807) is 0 Å². The molecule has 1 N–H and O–H groups in total. The van der Waals surface area contributed by atoms with E-state index in [1.165, 1.54) is 44.9 Å². The molecule has 3 atom stereocenters. The molecular formula is C15H27NO. The standard InChI is InChI=1S/C15H27NO/c1-2-12-5-3-4-6-14(12)15(17)9-10-16(11-15)13-7-8-13/h12-14,17H,2-11H2,1H3. The quantitative estimate of drug-likeness (QED) is 0.816. The van der Waals surface area contributed by atoms with Crippen molar-refractivity contribution in [1.82, 2.24) is 4.90 Å². The fourth-order valence-electron chi connectivity index (χ4n) is 4.30. The van der Waals surface area contributed by atoms with Crippen LogP contribution in [0, 0.1) is 11.8 Å². The van der Waals surface area contributed by atoms with E-state index in [9.17, 15) is 5.11 Å². The zero-order chi connectivity index (χ0) is 11.9. The second kappa shape index (κ2) is 4.55. The molecular weight excluding hydrogens is 210 g/mol. The summed E-state index contributed by atoms with van der Waals surface area (Å²) in [5.41, 5.74) is -0.344. The molecule has 0 spiro atoms. The van der Waals surface area contributed by atoms with Crippen molar-refractivity contribution in [1.29, 1.82) is 0 Å². The van der Waals surface area contributed by atoms with Crippen LogP contribution in [0.1, 0.15) is 58.3 Å². The Balaban J connectivity index is 1.68. The Bertz CT molecular complexity index is 276. The first-order valence-corrected chi connectivity index (χ1v) is 7.69. The van der Waals surface area contributed by atoms with Gasteiger partial charge in [0.05, 0.1) is 5.60 Å². The van der Waals surface area contributed by atoms with Crippen molar-refractivity contribution < 1.29 is 5.11 Å². The summed E-state index contributed by atoms with van der Waals surface area (Å²) in [6.45, 7) is 4.42. The molecule has 3 aliphatic rings. The minimum atomic E-state index is -0.344. The van der Waals surface area contributed by atoms with Crippen molar-refractivity contribution in [3.8, 4) is 0 Å². The molecule has 98 valence electrons. The summed E-state index contributed by atoms with van der Waals surface area (Å²) in [5, 5.41) is 11.0. The smallest absolute Gasteiger partial charge is 0.0816 e. The molecule has 3 fully saturated rings. The van der Waals surface area contributed by atoms with Gasteiger partial charge < -0.3 is 5.11 Å². The highest BCUT2D eigenvalue weighted by atomic mass is 16.3. The van der Waals surface area contributed by atoms with Crippen LogP contribution < -0.4 is 0 Å². The fourth-order valence-corrected chi connectivity index (χ4v) is 4.30. The minimum Gasteiger partial charge on any atom is -0.388 e. The monoisotopic (exact) mass is 237 g/mol. The van der Waals surface area contributed by atoms with Gasteiger partial charge in [0.1, 0.15) is 0 Å². The van der Waals surface area contributed by atoms with E-state index in [1.807, 2.05) is 0 Å². The van der Waals surface area contributed by atoms with Gasteiger partial charge in [-0.1, -0.05) is 32.6 Å². The van der Waals surface area contributed by atoms with Gasteiger partial charge >= 0.3 is 0 Å². The van der Waals surface area contributed by atoms with E-state index in [4.69, 9.17) is 0 Å². The Hall–Kier alpha value is -0.0800. The third-order valence-electron chi connectivity index (χ3n) is 5.50. The molecule has 1 heterocycles. The molecule has 0 radical (unpaired) electrons. The third kappa shape index (κ3) is 2.26. The maximum Gasteiger partial charge on any atom is 0.0816 e. The zero-order valence-electron chi connectivity index (χ0n) is 11.2. The van der Waals surface area contributed by atoms with E-state index in [-0.39, 0.29) is 5.60 Å². The van der Waals surface area contributed by atoms with Gasteiger partial charge in [0, 0.05) is 19.1 Å². The molecule has 0 aromatic carbocycles. The van der Waals surface area contributed by atoms with Gasteiger partial charge in [0.2, 0.25) is 0 Å². The lowest BCUT2D eigenvalue weighted by Gasteiger charge is -2.41. The van der Waals surface area contributed by atoms with Crippen LogP contribution in [0.3, 0.4) is 0 Å². The van der Waals surface area contributed by atoms with Crippen molar-refractivity contribution in [2.45, 2.75) is 69.9 Å². The minimum absolute atomic E-state index is 0.344. The molecule has 0 aromatic rings. The summed E-state index contributed by atoms with van der Waals surface area (Å²) in [6, 6.07) is 0.827. The van der Waals surface area contributed by atoms with Crippen LogP contribution in [0.25, 0.3) is 0 Å². The van der Waals surface area contributed by atoms with E-state index >= 15 is 0 Å². The number of aliphatic hydroxyl groups is 1. The molecule has 3 unspecified atom stereocenters. The summed E-state index contributed by atoms with van der Waals surface area (Å²) in [7, 11) is 0. The van der Waals surface area contributed by atoms with Crippen molar-refractivity contribution in [3.05, 3.63) is 0 Å². The first-order valence-electron chi connectivity index (χ1n) is 7.69. The molecule has 0 amide bonds. The van der Waals surface area contributed by atoms with Crippen molar-refractivity contribution in [2.24, 2.45) is 11.8 Å². The van der Waals surface area contributed by atoms with E-state index in [2.05, 4.69) is 11.8 Å². The zero-order valence-corrected chi connectivity index (χ0v) is 11.2. The fraction of sp³-hybridized carbons (Fsp3) is 1.00. The number of nitrogens with zero attached hydrogens (tertiary/aromatic N) is 1. The first kappa shape index (κ1) is 12.0. The van der Waals surface area contributed by atoms with Gasteiger partial charge in [-0.3, -0.25) is 4.90 Å². The number of hydrogen-bond acceptors (Lipinski definition) is 2. The van der Waals surface area contributed by atoms with Crippen LogP contribution >= 0.6 is 0 Å². The molecule has 2 saturated carbocycles. The third-order valence-corrected chi connectivity index (χ3v) is 5.50. The van der Waals surface area contributed by atoms with Crippen molar-refractivity contribution in [2.75, 3.05) is 13.1 Å². The highest BCUT2D eigenvalue weighted by Gasteiger charge is 2.48. The molecule has 3 rings (SSSR count). The second-order valence-corrected chi connectivity index (χ2v) is 6.61. The Kier molecular flexibility index (Phi) is 3.20. The average Bonchev–Trinajstić information content (AvgIpc) is 3.13. The maximum atomic E-state index is 11.0. The van der Waals surface area contributed by atoms with Crippen molar-refractivity contribution >= 4 is 0 Å². The Labute approximate surface area is 105 Å². The van der Waals surface area contributed by atoms with Gasteiger partial charge in [-0.2, -0.15) is 0 Å². The summed E-state index contributed by atoms with van der Waals surface area (Å²) in [6.07, 6.45) is 10.4. The van der Waals surface area contributed by atoms with Crippen molar-refractivity contribution in [3.63, 3.8) is 0 Å². The predicted molar refractivity (Wildman–Crippen MR) is 69.9 cm³/mol. The number of rotatable bonds is 3. The topological polar surface area (TPSA) is 23.5 Å². The maximum absolute atomic E-state index is 11.0. The molecule has 1 saturated heterocycles. The number of hydrogen-bond donors (Lipinski definition) is 1. The highest BCUT2D eigenvalue weighted by molar-refractivity contribution is 5.02. The molecule has 2 heteroatoms. The second-order valence-electron chi connectivity index (χ2n) is 6.61. The lowest BCUT2D eigenvalue weighted by atomic mass is 9.69. The number of likely N-dealkylation sites (tertiary alicyclic amines) is 1. The number of β-amino-alcohol motifs (C(OH)–C–C–N with tert-alkyl or cyclic N) is 1. The van der Waals surface area contributed by atoms with Gasteiger partial charge in [0.15, 0.2) is 0 Å². The largest absolute Gasteiger partial charge is 0.388 e. The van der Waals surface area contributed by atoms with Crippen LogP contribution in [-0.4, -0.2) is 34.7 Å². The highest BCUT2D eigenvalue weighted by Crippen LogP contribution is 2.45. The lowest BCUT2D eigenvalue weighted by molar-refractivity contribution is -0.0497. The molecule has 0 bridgehead atoms. The van der Waals surface area contributed by atoms with Crippen LogP contribution in [0.2, 0.25) is 0 Å². The van der Waals surface area contributed by atoms with Crippen LogP contribution in [0.4, 0.5) is 0 Å². The molecule has 2 nitrogen and oxygen atoms in total. The molecule has 1 aliphatic heterocycles. The average molecular weight is 237 g/mol. The van der Waals surface area contributed by atoms with Crippen LogP contribution in [0.15, 0.2) is 0 Å². The van der Waals surface area contributed by atoms with Gasteiger partial charge in [-0.25, -0.2) is 0 Å². The van der Waals surface area contributed by atoms with Crippen LogP contribution in [0.5, 0.6) is 0 Å².